The van der Waals surface area contributed by atoms with E-state index in [-0.39, 0.29) is 12.4 Å². The average molecular weight is 518 g/mol. The van der Waals surface area contributed by atoms with Gasteiger partial charge in [-0.3, -0.25) is 4.90 Å². The number of rotatable bonds is 7. The molecular formula is C32H36ClNO3. The molecule has 3 aromatic carbocycles. The van der Waals surface area contributed by atoms with Crippen LogP contribution in [0.3, 0.4) is 0 Å². The normalized spacial score (nSPS) is 16.0. The maximum atomic E-state index is 5.49. The molecular weight excluding hydrogens is 482 g/mol. The van der Waals surface area contributed by atoms with E-state index in [1.165, 1.54) is 35.1 Å². The average Bonchev–Trinajstić information content (AvgIpc) is 3.10. The molecule has 1 heterocycles. The van der Waals surface area contributed by atoms with E-state index in [0.29, 0.717) is 29.1 Å². The molecule has 0 radical (unpaired) electrons. The fraction of sp³-hybridized carbons (Fsp3) is 0.312. The Kier molecular flexibility index (Phi) is 8.96. The van der Waals surface area contributed by atoms with Gasteiger partial charge in [-0.05, 0) is 71.8 Å². The van der Waals surface area contributed by atoms with Crippen LogP contribution in [0.15, 0.2) is 66.7 Å². The minimum absolute atomic E-state index is 0. The second kappa shape index (κ2) is 12.4. The van der Waals surface area contributed by atoms with Crippen LogP contribution in [0, 0.1) is 5.92 Å². The summed E-state index contributed by atoms with van der Waals surface area (Å²) in [5, 5.41) is 0. The molecule has 1 saturated heterocycles. The predicted octanol–water partition coefficient (Wildman–Crippen LogP) is 7.18. The Morgan fingerprint density at radius 2 is 1.32 bits per heavy atom. The van der Waals surface area contributed by atoms with Crippen molar-refractivity contribution in [1.29, 1.82) is 0 Å². The first kappa shape index (κ1) is 26.8. The number of methoxy groups -OCH3 is 3. The number of benzene rings is 3. The van der Waals surface area contributed by atoms with Crippen molar-refractivity contribution in [2.75, 3.05) is 41.0 Å². The van der Waals surface area contributed by atoms with Gasteiger partial charge in [-0.2, -0.15) is 0 Å². The summed E-state index contributed by atoms with van der Waals surface area (Å²) in [6.45, 7) is 3.15. The molecule has 0 amide bonds. The molecule has 1 aliphatic heterocycles. The molecule has 0 spiro atoms. The van der Waals surface area contributed by atoms with Crippen LogP contribution in [0.1, 0.15) is 46.6 Å². The van der Waals surface area contributed by atoms with E-state index in [1.54, 1.807) is 21.3 Å². The van der Waals surface area contributed by atoms with Gasteiger partial charge in [-0.25, -0.2) is 0 Å². The summed E-state index contributed by atoms with van der Waals surface area (Å²) in [5.41, 5.74) is 6.70. The van der Waals surface area contributed by atoms with E-state index in [9.17, 15) is 0 Å². The van der Waals surface area contributed by atoms with E-state index in [0.717, 1.165) is 25.2 Å². The van der Waals surface area contributed by atoms with E-state index in [4.69, 9.17) is 14.2 Å². The fourth-order valence-corrected chi connectivity index (χ4v) is 5.75. The molecule has 2 aliphatic rings. The summed E-state index contributed by atoms with van der Waals surface area (Å²) in [5.74, 6) is 3.06. The van der Waals surface area contributed by atoms with Crippen molar-refractivity contribution < 1.29 is 14.2 Å². The molecule has 194 valence electrons. The number of halogens is 1. The third kappa shape index (κ3) is 5.71. The Labute approximate surface area is 227 Å². The summed E-state index contributed by atoms with van der Waals surface area (Å²) in [4.78, 5) is 2.55. The number of nitrogens with zero attached hydrogens (tertiary/aromatic N) is 1. The van der Waals surface area contributed by atoms with Crippen LogP contribution in [0.4, 0.5) is 0 Å². The second-order valence-corrected chi connectivity index (χ2v) is 9.57. The largest absolute Gasteiger partial charge is 0.493 e. The zero-order valence-electron chi connectivity index (χ0n) is 21.9. The van der Waals surface area contributed by atoms with Crippen LogP contribution >= 0.6 is 12.4 Å². The van der Waals surface area contributed by atoms with E-state index in [1.807, 2.05) is 12.1 Å². The van der Waals surface area contributed by atoms with Crippen molar-refractivity contribution in [1.82, 2.24) is 4.90 Å². The van der Waals surface area contributed by atoms with Crippen LogP contribution in [0.25, 0.3) is 18.2 Å². The van der Waals surface area contributed by atoms with Gasteiger partial charge in [-0.15, -0.1) is 12.4 Å². The van der Waals surface area contributed by atoms with Crippen molar-refractivity contribution >= 4 is 30.6 Å². The lowest BCUT2D eigenvalue weighted by Gasteiger charge is -2.37. The number of fused-ring (bicyclic) bond motifs is 2. The molecule has 0 bridgehead atoms. The molecule has 0 atom stereocenters. The first-order valence-electron chi connectivity index (χ1n) is 12.8. The zero-order valence-corrected chi connectivity index (χ0v) is 22.7. The first-order valence-corrected chi connectivity index (χ1v) is 12.8. The monoisotopic (exact) mass is 517 g/mol. The van der Waals surface area contributed by atoms with Gasteiger partial charge in [0.15, 0.2) is 11.5 Å². The lowest BCUT2D eigenvalue weighted by Crippen LogP contribution is -2.36. The van der Waals surface area contributed by atoms with Crippen molar-refractivity contribution in [3.05, 3.63) is 94.6 Å². The van der Waals surface area contributed by atoms with E-state index in [2.05, 4.69) is 77.7 Å². The highest BCUT2D eigenvalue weighted by atomic mass is 35.5. The molecule has 1 aliphatic carbocycles. The molecule has 5 heteroatoms. The molecule has 4 nitrogen and oxygen atoms in total. The molecule has 0 saturated carbocycles. The van der Waals surface area contributed by atoms with Crippen LogP contribution in [-0.2, 0) is 0 Å². The highest BCUT2D eigenvalue weighted by molar-refractivity contribution is 5.85. The van der Waals surface area contributed by atoms with Gasteiger partial charge in [-0.1, -0.05) is 72.8 Å². The maximum Gasteiger partial charge on any atom is 0.203 e. The van der Waals surface area contributed by atoms with E-state index >= 15 is 0 Å². The number of hydrogen-bond donors (Lipinski definition) is 0. The number of ether oxygens (including phenoxy) is 3. The van der Waals surface area contributed by atoms with Crippen molar-refractivity contribution in [2.24, 2.45) is 5.92 Å². The molecule has 1 fully saturated rings. The Balaban J connectivity index is 0.00000320. The first-order chi connectivity index (χ1) is 17.7. The summed E-state index contributed by atoms with van der Waals surface area (Å²) in [6, 6.07) is 21.8. The minimum Gasteiger partial charge on any atom is -0.493 e. The number of hydrogen-bond acceptors (Lipinski definition) is 4. The third-order valence-corrected chi connectivity index (χ3v) is 7.57. The quantitative estimate of drug-likeness (QED) is 0.332. The highest BCUT2D eigenvalue weighted by Gasteiger charge is 2.31. The molecule has 3 aromatic rings. The van der Waals surface area contributed by atoms with Crippen LogP contribution in [0.2, 0.25) is 0 Å². The van der Waals surface area contributed by atoms with Gasteiger partial charge < -0.3 is 14.2 Å². The zero-order chi connectivity index (χ0) is 24.9. The van der Waals surface area contributed by atoms with Crippen LogP contribution < -0.4 is 14.2 Å². The van der Waals surface area contributed by atoms with Crippen LogP contribution in [-0.4, -0.2) is 45.9 Å². The smallest absolute Gasteiger partial charge is 0.203 e. The molecule has 5 rings (SSSR count). The van der Waals surface area contributed by atoms with Gasteiger partial charge in [0.05, 0.1) is 21.3 Å². The number of piperidine rings is 1. The summed E-state index contributed by atoms with van der Waals surface area (Å²) in [7, 11) is 4.93. The Morgan fingerprint density at radius 3 is 1.84 bits per heavy atom. The van der Waals surface area contributed by atoms with Crippen LogP contribution in [0.5, 0.6) is 17.2 Å². The summed E-state index contributed by atoms with van der Waals surface area (Å²) < 4.78 is 16.4. The third-order valence-electron chi connectivity index (χ3n) is 7.57. The SMILES string of the molecule is COc1cc(C=CCN2CCC(C3c4ccccc4C=Cc4ccccc43)CC2)cc(OC)c1OC.Cl. The van der Waals surface area contributed by atoms with Gasteiger partial charge in [0, 0.05) is 12.5 Å². The van der Waals surface area contributed by atoms with Crippen molar-refractivity contribution in [3.63, 3.8) is 0 Å². The minimum atomic E-state index is 0. The summed E-state index contributed by atoms with van der Waals surface area (Å²) in [6.07, 6.45) is 11.4. The van der Waals surface area contributed by atoms with Gasteiger partial charge in [0.2, 0.25) is 5.75 Å². The lowest BCUT2D eigenvalue weighted by molar-refractivity contribution is 0.190. The second-order valence-electron chi connectivity index (χ2n) is 9.57. The predicted molar refractivity (Wildman–Crippen MR) is 155 cm³/mol. The molecule has 0 aromatic heterocycles. The standard InChI is InChI=1S/C32H35NO3.ClH/c1-34-29-21-23(22-30(35-2)32(29)36-3)9-8-18-33-19-16-26(17-20-33)31-27-12-6-4-10-24(27)14-15-25-11-5-7-13-28(25)31;/h4-15,21-22,26,31H,16-20H2,1-3H3;1H. The Morgan fingerprint density at radius 1 is 0.784 bits per heavy atom. The Bertz CT molecular complexity index is 1190. The van der Waals surface area contributed by atoms with E-state index < -0.39 is 0 Å². The molecule has 0 unspecified atom stereocenters. The lowest BCUT2D eigenvalue weighted by atomic mass is 9.74. The van der Waals surface area contributed by atoms with Gasteiger partial charge in [0.1, 0.15) is 0 Å². The molecule has 0 N–H and O–H groups in total. The fourth-order valence-electron chi connectivity index (χ4n) is 5.75. The van der Waals surface area contributed by atoms with Gasteiger partial charge >= 0.3 is 0 Å². The molecule has 37 heavy (non-hydrogen) atoms. The highest BCUT2D eigenvalue weighted by Crippen LogP contribution is 2.43. The Hall–Kier alpha value is -3.21. The van der Waals surface area contributed by atoms with Crippen molar-refractivity contribution in [3.8, 4) is 17.2 Å². The topological polar surface area (TPSA) is 30.9 Å². The summed E-state index contributed by atoms with van der Waals surface area (Å²) >= 11 is 0. The number of likely N-dealkylation sites (tertiary alicyclic amines) is 1. The van der Waals surface area contributed by atoms with Gasteiger partial charge in [0.25, 0.3) is 0 Å². The maximum absolute atomic E-state index is 5.49. The van der Waals surface area contributed by atoms with Crippen molar-refractivity contribution in [2.45, 2.75) is 18.8 Å².